The standard InChI is InChI=1S/C38H32N2S/c1-6-32-28-14-9-8-13-27(28)30-19-15-25-16-20-31-29-18-17-26(35-22(3)11-10-12-23(35)4)21-34(29)41-38(31)36(25)33(7-2)39-24(5)37(30)40-32/h6-14,16-18,20-21,30,37H,1-2,5,15,19H2,3-4H3/b39-33-. The van der Waals surface area contributed by atoms with E-state index in [1.807, 2.05) is 23.5 Å². The number of aryl methyl sites for hydroxylation is 3. The Bertz CT molecular complexity index is 1960. The number of hydrogen-bond donors (Lipinski definition) is 0. The maximum Gasteiger partial charge on any atom is 0.0989 e. The summed E-state index contributed by atoms with van der Waals surface area (Å²) in [6.07, 6.45) is 5.65. The highest BCUT2D eigenvalue weighted by molar-refractivity contribution is 7.26. The van der Waals surface area contributed by atoms with Crippen LogP contribution in [0.1, 0.15) is 45.7 Å². The van der Waals surface area contributed by atoms with E-state index in [1.165, 1.54) is 64.7 Å². The Labute approximate surface area is 245 Å². The molecule has 0 N–H and O–H groups in total. The molecule has 2 unspecified atom stereocenters. The molecule has 4 aromatic carbocycles. The topological polar surface area (TPSA) is 24.7 Å². The monoisotopic (exact) mass is 548 g/mol. The number of aliphatic imine (C=N–C) groups is 2. The Kier molecular flexibility index (Phi) is 6.21. The molecule has 5 aromatic rings. The summed E-state index contributed by atoms with van der Waals surface area (Å²) < 4.78 is 2.56. The van der Waals surface area contributed by atoms with E-state index in [4.69, 9.17) is 9.98 Å². The Morgan fingerprint density at radius 3 is 2.37 bits per heavy atom. The van der Waals surface area contributed by atoms with E-state index in [9.17, 15) is 0 Å². The Morgan fingerprint density at radius 2 is 1.59 bits per heavy atom. The first-order chi connectivity index (χ1) is 20.0. The van der Waals surface area contributed by atoms with Gasteiger partial charge in [-0.05, 0) is 78.3 Å². The maximum absolute atomic E-state index is 5.16. The van der Waals surface area contributed by atoms with Gasteiger partial charge in [0.2, 0.25) is 0 Å². The third-order valence-electron chi connectivity index (χ3n) is 8.77. The summed E-state index contributed by atoms with van der Waals surface area (Å²) in [7, 11) is 0. The fourth-order valence-electron chi connectivity index (χ4n) is 6.85. The number of hydrogen-bond acceptors (Lipinski definition) is 3. The number of rotatable bonds is 3. The van der Waals surface area contributed by atoms with Crippen molar-refractivity contribution in [3.8, 4) is 11.1 Å². The summed E-state index contributed by atoms with van der Waals surface area (Å²) >= 11 is 1.86. The van der Waals surface area contributed by atoms with Gasteiger partial charge in [0.05, 0.1) is 23.2 Å². The van der Waals surface area contributed by atoms with E-state index < -0.39 is 0 Å². The van der Waals surface area contributed by atoms with Crippen molar-refractivity contribution in [2.24, 2.45) is 9.98 Å². The van der Waals surface area contributed by atoms with Crippen LogP contribution >= 0.6 is 11.3 Å². The van der Waals surface area contributed by atoms with Crippen molar-refractivity contribution in [2.45, 2.75) is 38.6 Å². The van der Waals surface area contributed by atoms with Crippen LogP contribution in [0.2, 0.25) is 0 Å². The summed E-state index contributed by atoms with van der Waals surface area (Å²) in [6, 6.07) is 26.5. The third kappa shape index (κ3) is 4.07. The lowest BCUT2D eigenvalue weighted by Crippen LogP contribution is -2.27. The zero-order valence-corrected chi connectivity index (χ0v) is 24.4. The van der Waals surface area contributed by atoms with Crippen LogP contribution in [-0.2, 0) is 6.42 Å². The summed E-state index contributed by atoms with van der Waals surface area (Å²) in [5.41, 5.74) is 12.8. The Morgan fingerprint density at radius 1 is 0.829 bits per heavy atom. The molecule has 0 spiro atoms. The van der Waals surface area contributed by atoms with Crippen molar-refractivity contribution in [1.82, 2.24) is 0 Å². The summed E-state index contributed by atoms with van der Waals surface area (Å²) in [6.45, 7) is 17.1. The highest BCUT2D eigenvalue weighted by atomic mass is 32.1. The predicted molar refractivity (Wildman–Crippen MR) is 178 cm³/mol. The molecule has 0 saturated heterocycles. The first-order valence-electron chi connectivity index (χ1n) is 14.2. The van der Waals surface area contributed by atoms with Gasteiger partial charge in [0.15, 0.2) is 0 Å². The summed E-state index contributed by atoms with van der Waals surface area (Å²) in [5.74, 6) is 0.209. The van der Waals surface area contributed by atoms with Gasteiger partial charge in [-0.25, -0.2) is 0 Å². The zero-order chi connectivity index (χ0) is 28.2. The molecule has 0 aliphatic carbocycles. The second-order valence-electron chi connectivity index (χ2n) is 11.1. The highest BCUT2D eigenvalue weighted by Gasteiger charge is 2.33. The summed E-state index contributed by atoms with van der Waals surface area (Å²) in [4.78, 5) is 10.3. The lowest BCUT2D eigenvalue weighted by atomic mass is 9.79. The van der Waals surface area contributed by atoms with Crippen molar-refractivity contribution in [2.75, 3.05) is 0 Å². The normalized spacial score (nSPS) is 19.6. The van der Waals surface area contributed by atoms with Gasteiger partial charge < -0.3 is 0 Å². The fourth-order valence-corrected chi connectivity index (χ4v) is 8.17. The number of thiophene rings is 1. The van der Waals surface area contributed by atoms with E-state index in [-0.39, 0.29) is 12.0 Å². The van der Waals surface area contributed by atoms with Gasteiger partial charge in [-0.3, -0.25) is 9.98 Å². The lowest BCUT2D eigenvalue weighted by Gasteiger charge is -2.31. The average Bonchev–Trinajstić information content (AvgIpc) is 3.37. The van der Waals surface area contributed by atoms with Crippen LogP contribution < -0.4 is 0 Å². The quantitative estimate of drug-likeness (QED) is 0.214. The van der Waals surface area contributed by atoms with Crippen molar-refractivity contribution in [3.63, 3.8) is 0 Å². The molecule has 3 heteroatoms. The number of benzene rings is 4. The van der Waals surface area contributed by atoms with E-state index in [1.54, 1.807) is 0 Å². The van der Waals surface area contributed by atoms with Gasteiger partial charge in [0.1, 0.15) is 0 Å². The molecule has 0 saturated carbocycles. The van der Waals surface area contributed by atoms with Gasteiger partial charge in [-0.15, -0.1) is 11.3 Å². The lowest BCUT2D eigenvalue weighted by molar-refractivity contribution is 0.541. The zero-order valence-electron chi connectivity index (χ0n) is 23.6. The molecule has 2 aliphatic heterocycles. The summed E-state index contributed by atoms with van der Waals surface area (Å²) in [5, 5.41) is 2.55. The molecule has 3 heterocycles. The van der Waals surface area contributed by atoms with Crippen LogP contribution in [0.15, 0.2) is 120 Å². The third-order valence-corrected chi connectivity index (χ3v) is 9.95. The SMILES string of the molecule is C=CC1=NC2C(=C)/N=C(/C=C)c3c(ccc4c3sc3cc(-c5c(C)cccc5C)ccc34)CCC2c2ccccc21. The molecule has 0 radical (unpaired) electrons. The van der Waals surface area contributed by atoms with Gasteiger partial charge >= 0.3 is 0 Å². The first kappa shape index (κ1) is 25.6. The molecule has 2 aliphatic rings. The van der Waals surface area contributed by atoms with E-state index in [0.717, 1.165) is 30.0 Å². The van der Waals surface area contributed by atoms with Gasteiger partial charge in [-0.2, -0.15) is 0 Å². The molecule has 200 valence electrons. The van der Waals surface area contributed by atoms with Crippen LogP contribution in [0.25, 0.3) is 31.3 Å². The molecule has 0 amide bonds. The van der Waals surface area contributed by atoms with Gasteiger partial charge in [0.25, 0.3) is 0 Å². The predicted octanol–water partition coefficient (Wildman–Crippen LogP) is 9.91. The molecule has 7 rings (SSSR count). The highest BCUT2D eigenvalue weighted by Crippen LogP contribution is 2.43. The Balaban J connectivity index is 1.41. The van der Waals surface area contributed by atoms with Crippen LogP contribution in [0.4, 0.5) is 0 Å². The molecular formula is C38H32N2S. The van der Waals surface area contributed by atoms with Crippen molar-refractivity contribution < 1.29 is 0 Å². The van der Waals surface area contributed by atoms with Gasteiger partial charge in [-0.1, -0.05) is 86.5 Å². The average molecular weight is 549 g/mol. The van der Waals surface area contributed by atoms with E-state index in [0.29, 0.717) is 0 Å². The second kappa shape index (κ2) is 9.94. The smallest absolute Gasteiger partial charge is 0.0989 e. The minimum absolute atomic E-state index is 0.125. The van der Waals surface area contributed by atoms with Crippen LogP contribution in [0.5, 0.6) is 0 Å². The van der Waals surface area contributed by atoms with E-state index >= 15 is 0 Å². The van der Waals surface area contributed by atoms with Crippen LogP contribution in [-0.4, -0.2) is 17.5 Å². The number of fused-ring (bicyclic) bond motifs is 8. The molecule has 0 bridgehead atoms. The first-order valence-corrected chi connectivity index (χ1v) is 15.0. The minimum Gasteiger partial charge on any atom is -0.274 e. The number of nitrogens with zero attached hydrogens (tertiary/aromatic N) is 2. The molecule has 41 heavy (non-hydrogen) atoms. The van der Waals surface area contributed by atoms with Crippen molar-refractivity contribution >= 4 is 42.9 Å². The van der Waals surface area contributed by atoms with Gasteiger partial charge in [0, 0.05) is 37.2 Å². The van der Waals surface area contributed by atoms with Crippen LogP contribution in [0.3, 0.4) is 0 Å². The largest absolute Gasteiger partial charge is 0.274 e. The minimum atomic E-state index is -0.125. The fraction of sp³-hybridized carbons (Fsp3) is 0.158. The van der Waals surface area contributed by atoms with Crippen molar-refractivity contribution in [3.05, 3.63) is 144 Å². The molecule has 2 nitrogen and oxygen atoms in total. The molecule has 0 fully saturated rings. The maximum atomic E-state index is 5.16. The Hall–Kier alpha value is -4.34. The second-order valence-corrected chi connectivity index (χ2v) is 12.2. The number of allylic oxidation sites excluding steroid dienone is 2. The van der Waals surface area contributed by atoms with Crippen molar-refractivity contribution in [1.29, 1.82) is 0 Å². The van der Waals surface area contributed by atoms with E-state index in [2.05, 4.69) is 106 Å². The molecule has 1 aromatic heterocycles. The van der Waals surface area contributed by atoms with Crippen LogP contribution in [0, 0.1) is 13.8 Å². The molecule has 2 atom stereocenters. The molecular weight excluding hydrogens is 516 g/mol.